The lowest BCUT2D eigenvalue weighted by molar-refractivity contribution is -0.143. The monoisotopic (exact) mass is 329 g/mol. The van der Waals surface area contributed by atoms with E-state index in [0.717, 1.165) is 12.8 Å². The van der Waals surface area contributed by atoms with Crippen molar-refractivity contribution < 1.29 is 14.7 Å². The molecule has 1 amide bonds. The van der Waals surface area contributed by atoms with Crippen LogP contribution >= 0.6 is 23.2 Å². The predicted octanol–water partition coefficient (Wildman–Crippen LogP) is 3.15. The Morgan fingerprint density at radius 3 is 2.52 bits per heavy atom. The summed E-state index contributed by atoms with van der Waals surface area (Å²) in [5.41, 5.74) is 0.597. The summed E-state index contributed by atoms with van der Waals surface area (Å²) in [7, 11) is 0. The van der Waals surface area contributed by atoms with Gasteiger partial charge in [0.15, 0.2) is 0 Å². The number of carboxylic acids is 1. The van der Waals surface area contributed by atoms with Crippen LogP contribution in [0.15, 0.2) is 18.2 Å². The molecule has 1 aromatic carbocycles. The van der Waals surface area contributed by atoms with Gasteiger partial charge >= 0.3 is 5.97 Å². The van der Waals surface area contributed by atoms with E-state index >= 15 is 0 Å². The van der Waals surface area contributed by atoms with Gasteiger partial charge in [-0.1, -0.05) is 35.7 Å². The van der Waals surface area contributed by atoms with E-state index in [0.29, 0.717) is 28.6 Å². The maximum absolute atomic E-state index is 12.0. The van der Waals surface area contributed by atoms with Crippen molar-refractivity contribution in [3.05, 3.63) is 33.8 Å². The Morgan fingerprint density at radius 1 is 1.24 bits per heavy atom. The molecule has 0 spiro atoms. The topological polar surface area (TPSA) is 66.4 Å². The van der Waals surface area contributed by atoms with Crippen molar-refractivity contribution in [3.8, 4) is 0 Å². The van der Waals surface area contributed by atoms with Crippen LogP contribution in [0.5, 0.6) is 0 Å². The number of carboxylic acid groups (broad SMARTS) is 1. The van der Waals surface area contributed by atoms with Crippen molar-refractivity contribution in [2.45, 2.75) is 25.7 Å². The molecule has 2 unspecified atom stereocenters. The average molecular weight is 330 g/mol. The van der Waals surface area contributed by atoms with Gasteiger partial charge in [-0.3, -0.25) is 9.59 Å². The Bertz CT molecular complexity index is 527. The van der Waals surface area contributed by atoms with E-state index in [1.54, 1.807) is 18.2 Å². The van der Waals surface area contributed by atoms with Gasteiger partial charge in [-0.05, 0) is 36.5 Å². The van der Waals surface area contributed by atoms with Crippen molar-refractivity contribution in [2.24, 2.45) is 11.8 Å². The van der Waals surface area contributed by atoms with E-state index in [4.69, 9.17) is 28.3 Å². The van der Waals surface area contributed by atoms with Crippen LogP contribution in [0, 0.1) is 11.8 Å². The largest absolute Gasteiger partial charge is 0.481 e. The van der Waals surface area contributed by atoms with Gasteiger partial charge in [0.05, 0.1) is 12.3 Å². The van der Waals surface area contributed by atoms with Crippen molar-refractivity contribution >= 4 is 35.1 Å². The Balaban J connectivity index is 1.89. The van der Waals surface area contributed by atoms with Crippen LogP contribution < -0.4 is 5.32 Å². The molecule has 1 aliphatic rings. The number of hydrogen-bond donors (Lipinski definition) is 2. The minimum absolute atomic E-state index is 0.00756. The average Bonchev–Trinajstić information content (AvgIpc) is 2.89. The number of hydrogen-bond acceptors (Lipinski definition) is 2. The first kappa shape index (κ1) is 16.1. The van der Waals surface area contributed by atoms with Gasteiger partial charge in [0.1, 0.15) is 0 Å². The zero-order valence-electron chi connectivity index (χ0n) is 11.4. The summed E-state index contributed by atoms with van der Waals surface area (Å²) in [6, 6.07) is 5.10. The zero-order chi connectivity index (χ0) is 15.4. The highest BCUT2D eigenvalue weighted by Crippen LogP contribution is 2.31. The van der Waals surface area contributed by atoms with Gasteiger partial charge in [-0.15, -0.1) is 0 Å². The van der Waals surface area contributed by atoms with E-state index in [1.807, 2.05) is 0 Å². The summed E-state index contributed by atoms with van der Waals surface area (Å²) in [4.78, 5) is 23.1. The summed E-state index contributed by atoms with van der Waals surface area (Å²) in [6.45, 7) is 0.387. The third kappa shape index (κ3) is 4.11. The summed E-state index contributed by atoms with van der Waals surface area (Å²) in [5.74, 6) is -1.32. The molecule has 2 atom stereocenters. The molecule has 0 aromatic heterocycles. The van der Waals surface area contributed by atoms with E-state index in [1.165, 1.54) is 0 Å². The molecule has 1 fully saturated rings. The van der Waals surface area contributed by atoms with E-state index in [9.17, 15) is 9.59 Å². The van der Waals surface area contributed by atoms with Gasteiger partial charge in [-0.25, -0.2) is 0 Å². The second-order valence-electron chi connectivity index (χ2n) is 5.32. The van der Waals surface area contributed by atoms with E-state index in [2.05, 4.69) is 5.32 Å². The van der Waals surface area contributed by atoms with E-state index in [-0.39, 0.29) is 24.2 Å². The molecule has 21 heavy (non-hydrogen) atoms. The number of carbonyl (C=O) groups is 2. The van der Waals surface area contributed by atoms with Crippen LogP contribution in [0.2, 0.25) is 10.0 Å². The predicted molar refractivity (Wildman–Crippen MR) is 81.6 cm³/mol. The molecule has 0 radical (unpaired) electrons. The first-order valence-electron chi connectivity index (χ1n) is 6.91. The van der Waals surface area contributed by atoms with Gasteiger partial charge < -0.3 is 10.4 Å². The highest BCUT2D eigenvalue weighted by molar-refractivity contribution is 6.36. The highest BCUT2D eigenvalue weighted by atomic mass is 35.5. The summed E-state index contributed by atoms with van der Waals surface area (Å²) >= 11 is 12.0. The van der Waals surface area contributed by atoms with Crippen molar-refractivity contribution in [2.75, 3.05) is 6.54 Å². The molecule has 2 N–H and O–H groups in total. The molecule has 1 saturated carbocycles. The first-order chi connectivity index (χ1) is 9.99. The van der Waals surface area contributed by atoms with Crippen LogP contribution in [0.1, 0.15) is 24.8 Å². The summed E-state index contributed by atoms with van der Waals surface area (Å²) in [5, 5.41) is 12.8. The molecule has 0 bridgehead atoms. The van der Waals surface area contributed by atoms with Gasteiger partial charge in [0.2, 0.25) is 5.91 Å². The second-order valence-corrected chi connectivity index (χ2v) is 6.13. The molecule has 1 aromatic rings. The number of carbonyl (C=O) groups excluding carboxylic acids is 1. The minimum Gasteiger partial charge on any atom is -0.481 e. The van der Waals surface area contributed by atoms with Crippen LogP contribution in [0.4, 0.5) is 0 Å². The molecule has 0 heterocycles. The minimum atomic E-state index is -0.777. The molecule has 0 saturated heterocycles. The van der Waals surface area contributed by atoms with E-state index < -0.39 is 5.97 Å². The number of aliphatic carboxylic acids is 1. The number of rotatable bonds is 5. The summed E-state index contributed by atoms with van der Waals surface area (Å²) in [6.07, 6.45) is 2.52. The Hall–Kier alpha value is -1.26. The number of benzene rings is 1. The highest BCUT2D eigenvalue weighted by Gasteiger charge is 2.32. The van der Waals surface area contributed by atoms with Gasteiger partial charge in [0.25, 0.3) is 0 Å². The molecule has 2 rings (SSSR count). The third-order valence-corrected chi connectivity index (χ3v) is 4.64. The zero-order valence-corrected chi connectivity index (χ0v) is 13.0. The van der Waals surface area contributed by atoms with Crippen LogP contribution in [-0.2, 0) is 16.0 Å². The first-order valence-corrected chi connectivity index (χ1v) is 7.67. The number of halogens is 2. The number of nitrogens with one attached hydrogen (secondary N) is 1. The molecular formula is C15H17Cl2NO3. The fourth-order valence-corrected chi connectivity index (χ4v) is 3.31. The Kier molecular flexibility index (Phi) is 5.48. The maximum Gasteiger partial charge on any atom is 0.306 e. The van der Waals surface area contributed by atoms with Crippen molar-refractivity contribution in [1.29, 1.82) is 0 Å². The van der Waals surface area contributed by atoms with Crippen LogP contribution in [-0.4, -0.2) is 23.5 Å². The molecule has 1 aliphatic carbocycles. The fraction of sp³-hybridized carbons (Fsp3) is 0.467. The molecule has 0 aliphatic heterocycles. The van der Waals surface area contributed by atoms with Crippen LogP contribution in [0.3, 0.4) is 0 Å². The number of amides is 1. The molecular weight excluding hydrogens is 313 g/mol. The third-order valence-electron chi connectivity index (χ3n) is 3.94. The smallest absolute Gasteiger partial charge is 0.306 e. The van der Waals surface area contributed by atoms with Gasteiger partial charge in [0, 0.05) is 16.6 Å². The quantitative estimate of drug-likeness (QED) is 0.871. The molecule has 6 heteroatoms. The fourth-order valence-electron chi connectivity index (χ4n) is 2.78. The lowest BCUT2D eigenvalue weighted by atomic mass is 9.96. The van der Waals surface area contributed by atoms with Crippen LogP contribution in [0.25, 0.3) is 0 Å². The lowest BCUT2D eigenvalue weighted by Crippen LogP contribution is -2.33. The standard InChI is InChI=1S/C15H17Cl2NO3/c16-12-5-2-6-13(17)11(12)7-14(19)18-8-9-3-1-4-10(9)15(20)21/h2,5-6,9-10H,1,3-4,7-8H2,(H,18,19)(H,20,21). The normalized spacial score (nSPS) is 21.2. The summed E-state index contributed by atoms with van der Waals surface area (Å²) < 4.78 is 0. The second kappa shape index (κ2) is 7.14. The molecule has 4 nitrogen and oxygen atoms in total. The Morgan fingerprint density at radius 2 is 1.90 bits per heavy atom. The molecule has 114 valence electrons. The van der Waals surface area contributed by atoms with Crippen molar-refractivity contribution in [3.63, 3.8) is 0 Å². The lowest BCUT2D eigenvalue weighted by Gasteiger charge is -2.16. The maximum atomic E-state index is 12.0. The van der Waals surface area contributed by atoms with Crippen molar-refractivity contribution in [1.82, 2.24) is 5.32 Å². The Labute approximate surface area is 133 Å². The van der Waals surface area contributed by atoms with Gasteiger partial charge in [-0.2, -0.15) is 0 Å². The SMILES string of the molecule is O=C(Cc1c(Cl)cccc1Cl)NCC1CCCC1C(=O)O.